The number of thioether (sulfide) groups is 1. The van der Waals surface area contributed by atoms with Gasteiger partial charge in [0.2, 0.25) is 0 Å². The lowest BCUT2D eigenvalue weighted by Crippen LogP contribution is -2.37. The summed E-state index contributed by atoms with van der Waals surface area (Å²) in [6.07, 6.45) is 1.73. The summed E-state index contributed by atoms with van der Waals surface area (Å²) < 4.78 is 26.7. The number of anilines is 1. The molecule has 2 aromatic rings. The smallest absolute Gasteiger partial charge is 0.189 e. The topological polar surface area (TPSA) is 47.5 Å². The van der Waals surface area contributed by atoms with Gasteiger partial charge in [0.25, 0.3) is 0 Å². The number of fused-ring (bicyclic) bond motifs is 1. The van der Waals surface area contributed by atoms with Crippen molar-refractivity contribution < 1.29 is 13.9 Å². The zero-order valence-electron chi connectivity index (χ0n) is 13.0. The summed E-state index contributed by atoms with van der Waals surface area (Å²) in [5.74, 6) is 0.730. The second-order valence-corrected chi connectivity index (χ2v) is 7.81. The molecule has 0 aliphatic carbocycles. The van der Waals surface area contributed by atoms with Gasteiger partial charge in [-0.2, -0.15) is 0 Å². The van der Waals surface area contributed by atoms with E-state index in [-0.39, 0.29) is 27.0 Å². The Kier molecular flexibility index (Phi) is 4.27. The van der Waals surface area contributed by atoms with E-state index >= 15 is 0 Å². The summed E-state index contributed by atoms with van der Waals surface area (Å²) in [5.41, 5.74) is 0.208. The van der Waals surface area contributed by atoms with Gasteiger partial charge < -0.3 is 14.4 Å². The number of ether oxygens (including phenoxy) is 2. The zero-order chi connectivity index (χ0) is 17.0. The van der Waals surface area contributed by atoms with E-state index in [0.717, 1.165) is 0 Å². The first kappa shape index (κ1) is 16.6. The SMILES string of the molecule is CSc1nc2c3c(c(Cl)c(Br)c(F)c3n1)OC1COCC1CN2C. The third kappa shape index (κ3) is 2.46. The number of nitrogens with zero attached hydrogens (tertiary/aromatic N) is 3. The predicted octanol–water partition coefficient (Wildman–Crippen LogP) is 3.75. The molecule has 1 aromatic heterocycles. The fourth-order valence-electron chi connectivity index (χ4n) is 3.15. The highest BCUT2D eigenvalue weighted by atomic mass is 79.9. The Morgan fingerprint density at radius 2 is 2.17 bits per heavy atom. The molecule has 1 fully saturated rings. The Balaban J connectivity index is 2.07. The van der Waals surface area contributed by atoms with E-state index in [2.05, 4.69) is 25.9 Å². The third-order valence-corrected chi connectivity index (χ3v) is 6.23. The lowest BCUT2D eigenvalue weighted by Gasteiger charge is -2.31. The van der Waals surface area contributed by atoms with Gasteiger partial charge in [0, 0.05) is 19.5 Å². The summed E-state index contributed by atoms with van der Waals surface area (Å²) in [5, 5.41) is 1.21. The van der Waals surface area contributed by atoms with Crippen LogP contribution in [0.2, 0.25) is 5.02 Å². The second-order valence-electron chi connectivity index (χ2n) is 5.86. The van der Waals surface area contributed by atoms with Crippen LogP contribution < -0.4 is 9.64 Å². The minimum Gasteiger partial charge on any atom is -0.485 e. The van der Waals surface area contributed by atoms with Gasteiger partial charge in [-0.1, -0.05) is 23.4 Å². The van der Waals surface area contributed by atoms with Gasteiger partial charge in [0.05, 0.1) is 23.1 Å². The van der Waals surface area contributed by atoms with E-state index < -0.39 is 5.82 Å². The normalized spacial score (nSPS) is 23.0. The molecule has 9 heteroatoms. The highest BCUT2D eigenvalue weighted by Gasteiger charge is 2.36. The summed E-state index contributed by atoms with van der Waals surface area (Å²) in [4.78, 5) is 10.9. The van der Waals surface area contributed by atoms with Crippen molar-refractivity contribution in [2.75, 3.05) is 38.0 Å². The first-order valence-corrected chi connectivity index (χ1v) is 9.78. The van der Waals surface area contributed by atoms with Crippen molar-refractivity contribution in [2.24, 2.45) is 5.92 Å². The fraction of sp³-hybridized carbons (Fsp3) is 0.467. The summed E-state index contributed by atoms with van der Waals surface area (Å²) >= 11 is 11.0. The van der Waals surface area contributed by atoms with Crippen molar-refractivity contribution in [1.82, 2.24) is 9.97 Å². The Morgan fingerprint density at radius 3 is 2.92 bits per heavy atom. The molecule has 2 unspecified atom stereocenters. The third-order valence-electron chi connectivity index (χ3n) is 4.35. The van der Waals surface area contributed by atoms with Crippen LogP contribution >= 0.6 is 39.3 Å². The molecule has 0 spiro atoms. The van der Waals surface area contributed by atoms with E-state index in [0.29, 0.717) is 41.9 Å². The van der Waals surface area contributed by atoms with Crippen LogP contribution in [0.25, 0.3) is 10.9 Å². The van der Waals surface area contributed by atoms with Gasteiger partial charge in [-0.05, 0) is 22.2 Å². The number of benzene rings is 1. The number of hydrogen-bond donors (Lipinski definition) is 0. The van der Waals surface area contributed by atoms with E-state index in [1.807, 2.05) is 18.2 Å². The molecule has 1 saturated heterocycles. The van der Waals surface area contributed by atoms with Crippen LogP contribution in [-0.4, -0.2) is 49.1 Å². The maximum atomic E-state index is 14.8. The zero-order valence-corrected chi connectivity index (χ0v) is 16.1. The van der Waals surface area contributed by atoms with Gasteiger partial charge in [0.15, 0.2) is 16.7 Å². The average molecular weight is 435 g/mol. The van der Waals surface area contributed by atoms with Crippen LogP contribution in [0.15, 0.2) is 9.63 Å². The quantitative estimate of drug-likeness (QED) is 0.387. The Bertz CT molecular complexity index is 840. The Morgan fingerprint density at radius 1 is 1.38 bits per heavy atom. The Labute approximate surface area is 156 Å². The molecular formula is C15H14BrClFN3O2S. The minimum atomic E-state index is -0.505. The highest BCUT2D eigenvalue weighted by Crippen LogP contribution is 2.46. The first-order chi connectivity index (χ1) is 11.5. The number of hydrogen-bond acceptors (Lipinski definition) is 6. The summed E-state index contributed by atoms with van der Waals surface area (Å²) in [6.45, 7) is 1.82. The molecule has 5 nitrogen and oxygen atoms in total. The summed E-state index contributed by atoms with van der Waals surface area (Å²) in [6, 6.07) is 0. The molecular weight excluding hydrogens is 421 g/mol. The van der Waals surface area contributed by atoms with Gasteiger partial charge in [-0.15, -0.1) is 0 Å². The van der Waals surface area contributed by atoms with Crippen molar-refractivity contribution in [3.05, 3.63) is 15.3 Å². The lowest BCUT2D eigenvalue weighted by atomic mass is 10.0. The van der Waals surface area contributed by atoms with Gasteiger partial charge >= 0.3 is 0 Å². The maximum absolute atomic E-state index is 14.8. The second kappa shape index (κ2) is 6.16. The van der Waals surface area contributed by atoms with Crippen LogP contribution in [0, 0.1) is 11.7 Å². The maximum Gasteiger partial charge on any atom is 0.189 e. The van der Waals surface area contributed by atoms with Gasteiger partial charge in [-0.25, -0.2) is 14.4 Å². The first-order valence-electron chi connectivity index (χ1n) is 7.39. The monoisotopic (exact) mass is 433 g/mol. The van der Waals surface area contributed by atoms with Crippen molar-refractivity contribution in [2.45, 2.75) is 11.3 Å². The van der Waals surface area contributed by atoms with E-state index in [1.165, 1.54) is 11.8 Å². The van der Waals surface area contributed by atoms with E-state index in [9.17, 15) is 4.39 Å². The predicted molar refractivity (Wildman–Crippen MR) is 96.0 cm³/mol. The molecule has 0 radical (unpaired) electrons. The molecule has 0 amide bonds. The van der Waals surface area contributed by atoms with Crippen LogP contribution in [0.4, 0.5) is 10.2 Å². The highest BCUT2D eigenvalue weighted by molar-refractivity contribution is 9.10. The average Bonchev–Trinajstić information content (AvgIpc) is 3.00. The molecule has 1 aromatic carbocycles. The summed E-state index contributed by atoms with van der Waals surface area (Å²) in [7, 11) is 1.93. The molecule has 0 N–H and O–H groups in total. The lowest BCUT2D eigenvalue weighted by molar-refractivity contribution is 0.138. The van der Waals surface area contributed by atoms with Crippen molar-refractivity contribution in [3.63, 3.8) is 0 Å². The van der Waals surface area contributed by atoms with Crippen LogP contribution in [0.5, 0.6) is 5.75 Å². The number of rotatable bonds is 1. The van der Waals surface area contributed by atoms with Crippen molar-refractivity contribution in [1.29, 1.82) is 0 Å². The molecule has 2 atom stereocenters. The largest absolute Gasteiger partial charge is 0.485 e. The molecule has 4 rings (SSSR count). The number of aromatic nitrogens is 2. The standard InChI is InChI=1S/C15H14BrClFN3O2S/c1-21-3-6-4-22-5-7(6)23-13-8-12(11(18)9(16)10(13)17)19-15(24-2)20-14(8)21/h6-7H,3-5H2,1-2H3. The number of halogens is 3. The van der Waals surface area contributed by atoms with Gasteiger partial charge in [-0.3, -0.25) is 0 Å². The van der Waals surface area contributed by atoms with Crippen LogP contribution in [0.1, 0.15) is 0 Å². The molecule has 3 heterocycles. The minimum absolute atomic E-state index is 0.126. The molecule has 2 aliphatic heterocycles. The molecule has 24 heavy (non-hydrogen) atoms. The molecule has 0 bridgehead atoms. The molecule has 128 valence electrons. The van der Waals surface area contributed by atoms with Crippen LogP contribution in [0.3, 0.4) is 0 Å². The van der Waals surface area contributed by atoms with Crippen molar-refractivity contribution in [3.8, 4) is 5.75 Å². The molecule has 0 saturated carbocycles. The Hall–Kier alpha value is -0.830. The van der Waals surface area contributed by atoms with Crippen LogP contribution in [-0.2, 0) is 4.74 Å². The molecule has 2 aliphatic rings. The van der Waals surface area contributed by atoms with Crippen molar-refractivity contribution >= 4 is 56.0 Å². The van der Waals surface area contributed by atoms with E-state index in [1.54, 1.807) is 0 Å². The van der Waals surface area contributed by atoms with E-state index in [4.69, 9.17) is 21.1 Å². The fourth-order valence-corrected chi connectivity index (χ4v) is 4.10. The van der Waals surface area contributed by atoms with Gasteiger partial charge in [0.1, 0.15) is 22.5 Å².